The molecule has 8 heteroatoms. The van der Waals surface area contributed by atoms with E-state index in [-0.39, 0.29) is 56.8 Å². The van der Waals surface area contributed by atoms with Gasteiger partial charge in [0.15, 0.2) is 0 Å². The SMILES string of the molecule is [CH-]=C(/C(C)=C(/C)[C-]=O)c1cc(OC)c([CH2-])c(OC)c1.[CH2-]CN(C(=O)OC(C)(C)C)C1([CH2-])CC1.[CH3-].[Li+].[Li+]. The smallest absolute Gasteiger partial charge is 0.554 e. The van der Waals surface area contributed by atoms with Crippen molar-refractivity contribution in [2.24, 2.45) is 0 Å². The molecule has 0 saturated heterocycles. The van der Waals surface area contributed by atoms with Crippen LogP contribution in [0.1, 0.15) is 58.6 Å². The van der Waals surface area contributed by atoms with Crippen molar-refractivity contribution in [2.45, 2.75) is 58.6 Å². The molecule has 0 atom stereocenters. The molecule has 0 N–H and O–H groups in total. The summed E-state index contributed by atoms with van der Waals surface area (Å²) in [6.45, 7) is 27.1. The van der Waals surface area contributed by atoms with E-state index in [2.05, 4.69) is 20.8 Å². The zero-order chi connectivity index (χ0) is 25.6. The van der Waals surface area contributed by atoms with Crippen molar-refractivity contribution < 1.29 is 61.5 Å². The van der Waals surface area contributed by atoms with Gasteiger partial charge in [0.05, 0.1) is 14.2 Å². The summed E-state index contributed by atoms with van der Waals surface area (Å²) in [6.07, 6.45) is 3.42. The van der Waals surface area contributed by atoms with E-state index in [0.717, 1.165) is 12.8 Å². The van der Waals surface area contributed by atoms with Crippen molar-refractivity contribution in [3.63, 3.8) is 0 Å². The molecule has 0 aliphatic heterocycles. The summed E-state index contributed by atoms with van der Waals surface area (Å²) < 4.78 is 15.7. The Morgan fingerprint density at radius 1 is 1.14 bits per heavy atom. The molecule has 6 nitrogen and oxygen atoms in total. The molecule has 0 unspecified atom stereocenters. The van der Waals surface area contributed by atoms with Gasteiger partial charge in [-0.3, -0.25) is 0 Å². The Morgan fingerprint density at radius 2 is 1.58 bits per heavy atom. The van der Waals surface area contributed by atoms with Crippen LogP contribution in [0.4, 0.5) is 4.79 Å². The number of amides is 1. The number of methoxy groups -OCH3 is 2. The van der Waals surface area contributed by atoms with E-state index in [1.54, 1.807) is 45.1 Å². The summed E-state index contributed by atoms with van der Waals surface area (Å²) in [5, 5.41) is 0. The van der Waals surface area contributed by atoms with Crippen LogP contribution in [0.5, 0.6) is 11.5 Å². The maximum atomic E-state index is 11.7. The van der Waals surface area contributed by atoms with Gasteiger partial charge < -0.3 is 45.2 Å². The second kappa shape index (κ2) is 16.2. The van der Waals surface area contributed by atoms with Crippen molar-refractivity contribution in [3.05, 3.63) is 69.2 Å². The van der Waals surface area contributed by atoms with Gasteiger partial charge in [-0.25, -0.2) is 22.5 Å². The fourth-order valence-corrected chi connectivity index (χ4v) is 2.89. The van der Waals surface area contributed by atoms with Crippen molar-refractivity contribution in [1.82, 2.24) is 4.90 Å². The molecule has 192 valence electrons. The molecule has 0 radical (unpaired) electrons. The van der Waals surface area contributed by atoms with Crippen molar-refractivity contribution in [1.29, 1.82) is 0 Å². The van der Waals surface area contributed by atoms with E-state index < -0.39 is 5.60 Å². The third-order valence-electron chi connectivity index (χ3n) is 5.28. The molecule has 0 aromatic heterocycles. The minimum atomic E-state index is -0.449. The molecule has 1 saturated carbocycles. The van der Waals surface area contributed by atoms with Gasteiger partial charge >= 0.3 is 43.8 Å². The fraction of sp³-hybridized carbons (Fsp3) is 0.429. The monoisotopic (exact) mass is 483 g/mol. The maximum Gasteiger partial charge on any atom is 1.00 e. The molecule has 0 spiro atoms. The number of carbonyl (C=O) groups excluding carboxylic acids is 2. The minimum Gasteiger partial charge on any atom is -0.554 e. The molecule has 0 bridgehead atoms. The maximum absolute atomic E-state index is 11.7. The van der Waals surface area contributed by atoms with Gasteiger partial charge in [0.2, 0.25) is 0 Å². The zero-order valence-corrected chi connectivity index (χ0v) is 24.0. The first kappa shape index (κ1) is 38.8. The molecule has 36 heavy (non-hydrogen) atoms. The number of benzene rings is 1. The van der Waals surface area contributed by atoms with Crippen LogP contribution in [-0.2, 0) is 9.53 Å². The number of hydrogen-bond acceptors (Lipinski definition) is 5. The second-order valence-corrected chi connectivity index (χ2v) is 8.98. The van der Waals surface area contributed by atoms with E-state index in [4.69, 9.17) is 20.8 Å². The summed E-state index contributed by atoms with van der Waals surface area (Å²) in [6, 6.07) is 3.53. The summed E-state index contributed by atoms with van der Waals surface area (Å²) in [4.78, 5) is 24.0. The number of hydrogen-bond donors (Lipinski definition) is 0. The number of rotatable bonds is 7. The van der Waals surface area contributed by atoms with E-state index in [9.17, 15) is 9.59 Å². The van der Waals surface area contributed by atoms with Crippen molar-refractivity contribution >= 4 is 18.0 Å². The van der Waals surface area contributed by atoms with Gasteiger partial charge in [-0.05, 0) is 27.1 Å². The average molecular weight is 484 g/mol. The van der Waals surface area contributed by atoms with Crippen LogP contribution in [0, 0.1) is 34.8 Å². The molecule has 1 aromatic rings. The zero-order valence-electron chi connectivity index (χ0n) is 24.0. The van der Waals surface area contributed by atoms with Gasteiger partial charge in [-0.1, -0.05) is 25.3 Å². The van der Waals surface area contributed by atoms with Gasteiger partial charge in [0.1, 0.15) is 5.60 Å². The Hall–Kier alpha value is -1.70. The summed E-state index contributed by atoms with van der Waals surface area (Å²) >= 11 is 0. The molecule has 0 heterocycles. The number of carbonyl (C=O) groups is 1. The Morgan fingerprint density at radius 3 is 1.89 bits per heavy atom. The second-order valence-electron chi connectivity index (χ2n) is 8.98. The Kier molecular flexibility index (Phi) is 17.5. The van der Waals surface area contributed by atoms with E-state index in [0.29, 0.717) is 45.9 Å². The first-order valence-corrected chi connectivity index (χ1v) is 10.7. The van der Waals surface area contributed by atoms with Crippen LogP contribution >= 0.6 is 0 Å². The molecule has 1 aromatic carbocycles. The number of allylic oxidation sites excluding steroid dienone is 3. The Bertz CT molecular complexity index is 890. The number of nitrogens with zero attached hydrogens (tertiary/aromatic N) is 1. The predicted octanol–water partition coefficient (Wildman–Crippen LogP) is 0.0311. The number of ether oxygens (including phenoxy) is 3. The molecule has 1 aliphatic carbocycles. The standard InChI is InChI=1S/C16H17O3.C11H19NO2.CH3.2Li/c1-10(9-17)11(2)12(3)14-7-15(18-5)13(4)16(8-14)19-6;1-6-12(11(5)7-8-11)9(13)14-10(2,3)4;;;/h3,7-8H,4H2,1-2,5-6H3;1,5-8H2,2-4H3;1H3;;/q-3;-2;-1;2*+1/b11-10-;;;;. The quantitative estimate of drug-likeness (QED) is 0.237. The third-order valence-corrected chi connectivity index (χ3v) is 5.28. The third kappa shape index (κ3) is 10.7. The van der Waals surface area contributed by atoms with E-state index in [1.807, 2.05) is 27.1 Å². The average Bonchev–Trinajstić information content (AvgIpc) is 3.49. The Balaban J connectivity index is -0.000000579. The van der Waals surface area contributed by atoms with Crippen molar-refractivity contribution in [3.8, 4) is 11.5 Å². The summed E-state index contributed by atoms with van der Waals surface area (Å²) in [5.74, 6) is 1.16. The summed E-state index contributed by atoms with van der Waals surface area (Å²) in [7, 11) is 3.10. The molecular weight excluding hydrogens is 444 g/mol. The van der Waals surface area contributed by atoms with Gasteiger partial charge in [-0.2, -0.15) is 18.1 Å². The topological polar surface area (TPSA) is 65.1 Å². The van der Waals surface area contributed by atoms with Gasteiger partial charge in [0, 0.05) is 11.5 Å². The predicted molar refractivity (Wildman–Crippen MR) is 138 cm³/mol. The summed E-state index contributed by atoms with van der Waals surface area (Å²) in [5.41, 5.74) is 2.30. The van der Waals surface area contributed by atoms with Crippen LogP contribution in [0.2, 0.25) is 0 Å². The normalized spacial score (nSPS) is 13.5. The largest absolute Gasteiger partial charge is 1.00 e. The van der Waals surface area contributed by atoms with Crippen LogP contribution in [0.3, 0.4) is 0 Å². The van der Waals surface area contributed by atoms with Crippen molar-refractivity contribution in [2.75, 3.05) is 20.8 Å². The van der Waals surface area contributed by atoms with E-state index in [1.165, 1.54) is 0 Å². The van der Waals surface area contributed by atoms with Gasteiger partial charge in [-0.15, -0.1) is 31.2 Å². The first-order valence-electron chi connectivity index (χ1n) is 10.7. The molecule has 1 amide bonds. The molecule has 2 rings (SSSR count). The van der Waals surface area contributed by atoms with E-state index >= 15 is 0 Å². The first-order chi connectivity index (χ1) is 15.2. The Labute approximate surface area is 243 Å². The fourth-order valence-electron chi connectivity index (χ4n) is 2.89. The van der Waals surface area contributed by atoms with Crippen LogP contribution in [-0.4, -0.2) is 49.2 Å². The molecular formula is C28H39Li2NO5-4. The molecule has 1 fully saturated rings. The minimum absolute atomic E-state index is 0. The van der Waals surface area contributed by atoms with Crippen LogP contribution in [0.25, 0.3) is 5.57 Å². The van der Waals surface area contributed by atoms with Crippen LogP contribution < -0.4 is 47.2 Å². The van der Waals surface area contributed by atoms with Gasteiger partial charge in [0.25, 0.3) is 0 Å². The van der Waals surface area contributed by atoms with Crippen LogP contribution in [0.15, 0.2) is 23.3 Å². The molecule has 1 aliphatic rings.